The van der Waals surface area contributed by atoms with E-state index >= 15 is 0 Å². The number of amides is 1. The third-order valence-corrected chi connectivity index (χ3v) is 5.97. The van der Waals surface area contributed by atoms with Crippen LogP contribution < -0.4 is 5.32 Å². The fourth-order valence-corrected chi connectivity index (χ4v) is 4.01. The summed E-state index contributed by atoms with van der Waals surface area (Å²) in [6.45, 7) is 13.3. The van der Waals surface area contributed by atoms with Gasteiger partial charge in [-0.1, -0.05) is 20.8 Å². The molecular formula is C23H30N4OS. The Morgan fingerprint density at radius 3 is 2.62 bits per heavy atom. The SMILES string of the molecule is CCC(C)NC(=O)c1cc(-c2csc(-c3ccc(C)nc3)n2)n(CC(C)C)c1C. The number of pyridine rings is 1. The molecule has 1 N–H and O–H groups in total. The molecule has 6 heteroatoms. The Bertz CT molecular complexity index is 985. The molecule has 3 aromatic rings. The highest BCUT2D eigenvalue weighted by Gasteiger charge is 2.21. The van der Waals surface area contributed by atoms with E-state index in [-0.39, 0.29) is 11.9 Å². The number of thiazole rings is 1. The van der Waals surface area contributed by atoms with Gasteiger partial charge in [0.2, 0.25) is 0 Å². The maximum absolute atomic E-state index is 12.8. The van der Waals surface area contributed by atoms with Crippen molar-refractivity contribution in [3.8, 4) is 22.0 Å². The monoisotopic (exact) mass is 410 g/mol. The van der Waals surface area contributed by atoms with Crippen LogP contribution in [0.25, 0.3) is 22.0 Å². The van der Waals surface area contributed by atoms with E-state index in [9.17, 15) is 4.79 Å². The topological polar surface area (TPSA) is 59.8 Å². The number of aromatic nitrogens is 3. The summed E-state index contributed by atoms with van der Waals surface area (Å²) in [6, 6.07) is 6.19. The van der Waals surface area contributed by atoms with Crippen LogP contribution in [0.4, 0.5) is 0 Å². The molecule has 0 saturated carbocycles. The molecule has 0 aliphatic rings. The van der Waals surface area contributed by atoms with Gasteiger partial charge in [0.15, 0.2) is 0 Å². The molecular weight excluding hydrogens is 380 g/mol. The first kappa shape index (κ1) is 21.2. The first-order chi connectivity index (χ1) is 13.8. The Kier molecular flexibility index (Phi) is 6.52. The summed E-state index contributed by atoms with van der Waals surface area (Å²) in [5.41, 5.74) is 5.61. The molecule has 0 saturated heterocycles. The van der Waals surface area contributed by atoms with E-state index in [0.29, 0.717) is 5.92 Å². The lowest BCUT2D eigenvalue weighted by molar-refractivity contribution is 0.0938. The second kappa shape index (κ2) is 8.91. The molecule has 0 aliphatic heterocycles. The number of nitrogens with one attached hydrogen (secondary N) is 1. The fourth-order valence-electron chi connectivity index (χ4n) is 3.21. The fraction of sp³-hybridized carbons (Fsp3) is 0.435. The molecule has 1 atom stereocenters. The van der Waals surface area contributed by atoms with Crippen LogP contribution in [0.3, 0.4) is 0 Å². The lowest BCUT2D eigenvalue weighted by Gasteiger charge is -2.14. The highest BCUT2D eigenvalue weighted by atomic mass is 32.1. The molecule has 1 amide bonds. The van der Waals surface area contributed by atoms with Gasteiger partial charge in [-0.25, -0.2) is 4.98 Å². The number of hydrogen-bond donors (Lipinski definition) is 1. The molecule has 3 rings (SSSR count). The van der Waals surface area contributed by atoms with Gasteiger partial charge in [0.1, 0.15) is 5.01 Å². The number of hydrogen-bond acceptors (Lipinski definition) is 4. The molecule has 5 nitrogen and oxygen atoms in total. The van der Waals surface area contributed by atoms with E-state index in [4.69, 9.17) is 4.98 Å². The Morgan fingerprint density at radius 1 is 1.24 bits per heavy atom. The molecule has 3 heterocycles. The van der Waals surface area contributed by atoms with E-state index in [2.05, 4.69) is 41.0 Å². The lowest BCUT2D eigenvalue weighted by atomic mass is 10.2. The van der Waals surface area contributed by atoms with Crippen molar-refractivity contribution in [1.29, 1.82) is 0 Å². The maximum atomic E-state index is 12.8. The van der Waals surface area contributed by atoms with Gasteiger partial charge in [-0.2, -0.15) is 0 Å². The van der Waals surface area contributed by atoms with Crippen LogP contribution in [0.5, 0.6) is 0 Å². The van der Waals surface area contributed by atoms with Crippen molar-refractivity contribution >= 4 is 17.2 Å². The zero-order valence-electron chi connectivity index (χ0n) is 18.1. The van der Waals surface area contributed by atoms with Crippen molar-refractivity contribution < 1.29 is 4.79 Å². The third-order valence-electron chi connectivity index (χ3n) is 5.07. The second-order valence-corrected chi connectivity index (χ2v) is 8.90. The summed E-state index contributed by atoms with van der Waals surface area (Å²) in [5.74, 6) is 0.448. The highest BCUT2D eigenvalue weighted by Crippen LogP contribution is 2.32. The van der Waals surface area contributed by atoms with E-state index in [1.54, 1.807) is 11.3 Å². The van der Waals surface area contributed by atoms with E-state index in [1.165, 1.54) is 0 Å². The molecule has 0 bridgehead atoms. The highest BCUT2D eigenvalue weighted by molar-refractivity contribution is 7.13. The number of nitrogens with zero attached hydrogens (tertiary/aromatic N) is 3. The summed E-state index contributed by atoms with van der Waals surface area (Å²) >= 11 is 1.60. The Balaban J connectivity index is 2.00. The predicted octanol–water partition coefficient (Wildman–Crippen LogP) is 5.47. The first-order valence-corrected chi connectivity index (χ1v) is 11.1. The van der Waals surface area contributed by atoms with E-state index < -0.39 is 0 Å². The number of carbonyl (C=O) groups excluding carboxylic acids is 1. The number of carbonyl (C=O) groups is 1. The van der Waals surface area contributed by atoms with Crippen molar-refractivity contribution in [2.24, 2.45) is 5.92 Å². The van der Waals surface area contributed by atoms with Crippen LogP contribution in [-0.4, -0.2) is 26.5 Å². The van der Waals surface area contributed by atoms with Crippen LogP contribution in [0, 0.1) is 19.8 Å². The van der Waals surface area contributed by atoms with Crippen LogP contribution in [-0.2, 0) is 6.54 Å². The van der Waals surface area contributed by atoms with Crippen LogP contribution in [0.2, 0.25) is 0 Å². The summed E-state index contributed by atoms with van der Waals surface area (Å²) < 4.78 is 2.22. The molecule has 0 aromatic carbocycles. The number of rotatable bonds is 7. The van der Waals surface area contributed by atoms with E-state index in [1.807, 2.05) is 45.2 Å². The molecule has 154 valence electrons. The zero-order valence-corrected chi connectivity index (χ0v) is 18.9. The molecule has 0 spiro atoms. The van der Waals surface area contributed by atoms with Gasteiger partial charge in [0, 0.05) is 41.1 Å². The normalized spacial score (nSPS) is 12.4. The maximum Gasteiger partial charge on any atom is 0.253 e. The molecule has 0 radical (unpaired) electrons. The van der Waals surface area contributed by atoms with Crippen LogP contribution in [0.15, 0.2) is 29.8 Å². The lowest BCUT2D eigenvalue weighted by Crippen LogP contribution is -2.32. The number of aryl methyl sites for hydroxylation is 1. The minimum Gasteiger partial charge on any atom is -0.350 e. The van der Waals surface area contributed by atoms with E-state index in [0.717, 1.165) is 51.9 Å². The van der Waals surface area contributed by atoms with Gasteiger partial charge in [0.25, 0.3) is 5.91 Å². The predicted molar refractivity (Wildman–Crippen MR) is 120 cm³/mol. The minimum atomic E-state index is -0.0150. The molecule has 1 unspecified atom stereocenters. The summed E-state index contributed by atoms with van der Waals surface area (Å²) in [5, 5.41) is 6.09. The largest absolute Gasteiger partial charge is 0.350 e. The van der Waals surface area contributed by atoms with Gasteiger partial charge >= 0.3 is 0 Å². The van der Waals surface area contributed by atoms with Gasteiger partial charge in [0.05, 0.1) is 17.0 Å². The molecule has 29 heavy (non-hydrogen) atoms. The third kappa shape index (κ3) is 4.75. The minimum absolute atomic E-state index is 0.0150. The van der Waals surface area contributed by atoms with Gasteiger partial charge in [-0.15, -0.1) is 11.3 Å². The summed E-state index contributed by atoms with van der Waals surface area (Å²) in [4.78, 5) is 22.1. The Morgan fingerprint density at radius 2 is 2.00 bits per heavy atom. The average Bonchev–Trinajstić information content (AvgIpc) is 3.28. The second-order valence-electron chi connectivity index (χ2n) is 8.04. The van der Waals surface area contributed by atoms with Crippen molar-refractivity contribution in [2.75, 3.05) is 0 Å². The van der Waals surface area contributed by atoms with Crippen LogP contribution >= 0.6 is 11.3 Å². The van der Waals surface area contributed by atoms with Crippen molar-refractivity contribution in [3.63, 3.8) is 0 Å². The quantitative estimate of drug-likeness (QED) is 0.561. The van der Waals surface area contributed by atoms with Gasteiger partial charge < -0.3 is 9.88 Å². The molecule has 0 aliphatic carbocycles. The van der Waals surface area contributed by atoms with Crippen molar-refractivity contribution in [1.82, 2.24) is 19.9 Å². The average molecular weight is 411 g/mol. The molecule has 3 aromatic heterocycles. The van der Waals surface area contributed by atoms with Crippen molar-refractivity contribution in [2.45, 2.75) is 60.5 Å². The summed E-state index contributed by atoms with van der Waals surface area (Å²) in [6.07, 6.45) is 2.77. The zero-order chi connectivity index (χ0) is 21.1. The van der Waals surface area contributed by atoms with Gasteiger partial charge in [-0.3, -0.25) is 9.78 Å². The standard InChI is InChI=1S/C23H30N4OS/c1-7-15(4)25-22(28)19-10-21(27(17(19)6)12-14(2)3)20-13-29-23(26-20)18-9-8-16(5)24-11-18/h8-11,13-15H,7,12H2,1-6H3,(H,25,28). The Hall–Kier alpha value is -2.47. The van der Waals surface area contributed by atoms with Gasteiger partial charge in [-0.05, 0) is 51.3 Å². The molecule has 0 fully saturated rings. The first-order valence-electron chi connectivity index (χ1n) is 10.2. The van der Waals surface area contributed by atoms with Crippen LogP contribution in [0.1, 0.15) is 55.9 Å². The van der Waals surface area contributed by atoms with Crippen molar-refractivity contribution in [3.05, 3.63) is 46.7 Å². The Labute approximate surface area is 177 Å². The smallest absolute Gasteiger partial charge is 0.253 e. The summed E-state index contributed by atoms with van der Waals surface area (Å²) in [7, 11) is 0.